The molecule has 96 valence electrons. The van der Waals surface area contributed by atoms with Crippen LogP contribution in [0.25, 0.3) is 22.4 Å². The maximum atomic E-state index is 13.2. The number of hydrogen-bond acceptors (Lipinski definition) is 1. The second-order valence-corrected chi connectivity index (χ2v) is 5.28. The fourth-order valence-corrected chi connectivity index (χ4v) is 2.65. The molecule has 3 aromatic rings. The number of hydrogen-bond donors (Lipinski definition) is 1. The Morgan fingerprint density at radius 1 is 1.05 bits per heavy atom. The normalized spacial score (nSPS) is 11.2. The molecular weight excluding hydrogens is 314 g/mol. The summed E-state index contributed by atoms with van der Waals surface area (Å²) in [5.74, 6) is -0.781. The summed E-state index contributed by atoms with van der Waals surface area (Å²) in [6.07, 6.45) is 0. The number of imidazole rings is 1. The molecule has 0 saturated carbocycles. The molecule has 0 saturated heterocycles. The Kier molecular flexibility index (Phi) is 2.86. The highest BCUT2D eigenvalue weighted by molar-refractivity contribution is 9.10. The summed E-state index contributed by atoms with van der Waals surface area (Å²) in [5, 5.41) is 0. The maximum absolute atomic E-state index is 13.2. The topological polar surface area (TPSA) is 28.7 Å². The van der Waals surface area contributed by atoms with Crippen molar-refractivity contribution in [2.24, 2.45) is 0 Å². The van der Waals surface area contributed by atoms with E-state index in [9.17, 15) is 8.78 Å². The Balaban J connectivity index is 2.23. The molecule has 0 fully saturated rings. The van der Waals surface area contributed by atoms with Crippen LogP contribution >= 0.6 is 15.9 Å². The Hall–Kier alpha value is -1.75. The maximum Gasteiger partial charge on any atom is 0.138 e. The first-order chi connectivity index (χ1) is 9.02. The predicted molar refractivity (Wildman–Crippen MR) is 73.9 cm³/mol. The standard InChI is InChI=1S/C14H9BrF2N2/c1-7-2-9(15)5-12-13(7)19-14(18-12)8-3-10(16)6-11(17)4-8/h2-6H,1H3,(H,18,19). The van der Waals surface area contributed by atoms with Gasteiger partial charge in [-0.2, -0.15) is 0 Å². The summed E-state index contributed by atoms with van der Waals surface area (Å²) in [5.41, 5.74) is 3.00. The molecule has 0 aliphatic carbocycles. The molecule has 3 rings (SSSR count). The molecule has 0 unspecified atom stereocenters. The molecule has 0 amide bonds. The van der Waals surface area contributed by atoms with Gasteiger partial charge >= 0.3 is 0 Å². The Morgan fingerprint density at radius 2 is 1.74 bits per heavy atom. The molecule has 0 bridgehead atoms. The summed E-state index contributed by atoms with van der Waals surface area (Å²) in [4.78, 5) is 7.47. The van der Waals surface area contributed by atoms with Gasteiger partial charge in [-0.3, -0.25) is 0 Å². The number of nitrogens with one attached hydrogen (secondary N) is 1. The average molecular weight is 323 g/mol. The Labute approximate surface area is 116 Å². The largest absolute Gasteiger partial charge is 0.338 e. The third-order valence-electron chi connectivity index (χ3n) is 2.88. The van der Waals surface area contributed by atoms with E-state index in [2.05, 4.69) is 25.9 Å². The summed E-state index contributed by atoms with van der Waals surface area (Å²) in [6.45, 7) is 1.93. The number of aryl methyl sites for hydroxylation is 1. The van der Waals surface area contributed by atoms with Crippen molar-refractivity contribution in [3.05, 3.63) is 52.0 Å². The van der Waals surface area contributed by atoms with Gasteiger partial charge in [-0.25, -0.2) is 13.8 Å². The molecule has 0 spiro atoms. The van der Waals surface area contributed by atoms with Crippen LogP contribution in [0.4, 0.5) is 8.78 Å². The van der Waals surface area contributed by atoms with Gasteiger partial charge in [0.25, 0.3) is 0 Å². The molecule has 5 heteroatoms. The lowest BCUT2D eigenvalue weighted by Gasteiger charge is -1.97. The van der Waals surface area contributed by atoms with E-state index in [1.165, 1.54) is 12.1 Å². The van der Waals surface area contributed by atoms with Crippen LogP contribution in [0.3, 0.4) is 0 Å². The van der Waals surface area contributed by atoms with Crippen molar-refractivity contribution < 1.29 is 8.78 Å². The summed E-state index contributed by atoms with van der Waals surface area (Å²) >= 11 is 3.40. The van der Waals surface area contributed by atoms with E-state index in [4.69, 9.17) is 0 Å². The van der Waals surface area contributed by atoms with Crippen molar-refractivity contribution in [2.75, 3.05) is 0 Å². The third-order valence-corrected chi connectivity index (χ3v) is 3.34. The van der Waals surface area contributed by atoms with E-state index >= 15 is 0 Å². The van der Waals surface area contributed by atoms with Gasteiger partial charge in [0.2, 0.25) is 0 Å². The number of benzene rings is 2. The van der Waals surface area contributed by atoms with Crippen molar-refractivity contribution >= 4 is 27.0 Å². The van der Waals surface area contributed by atoms with Gasteiger partial charge in [-0.15, -0.1) is 0 Å². The SMILES string of the molecule is Cc1cc(Br)cc2[nH]c(-c3cc(F)cc(F)c3)nc12. The molecule has 2 aromatic carbocycles. The fraction of sp³-hybridized carbons (Fsp3) is 0.0714. The van der Waals surface area contributed by atoms with Crippen molar-refractivity contribution in [3.63, 3.8) is 0 Å². The van der Waals surface area contributed by atoms with Gasteiger partial charge in [0.05, 0.1) is 11.0 Å². The van der Waals surface area contributed by atoms with Crippen LogP contribution in [0.5, 0.6) is 0 Å². The van der Waals surface area contributed by atoms with Crippen molar-refractivity contribution in [2.45, 2.75) is 6.92 Å². The number of aromatic amines is 1. The van der Waals surface area contributed by atoms with Crippen LogP contribution < -0.4 is 0 Å². The smallest absolute Gasteiger partial charge is 0.138 e. The number of rotatable bonds is 1. The van der Waals surface area contributed by atoms with Crippen LogP contribution in [0.2, 0.25) is 0 Å². The van der Waals surface area contributed by atoms with Crippen LogP contribution in [0.1, 0.15) is 5.56 Å². The van der Waals surface area contributed by atoms with E-state index < -0.39 is 11.6 Å². The number of nitrogens with zero attached hydrogens (tertiary/aromatic N) is 1. The van der Waals surface area contributed by atoms with Crippen LogP contribution in [0.15, 0.2) is 34.8 Å². The minimum Gasteiger partial charge on any atom is -0.338 e. The van der Waals surface area contributed by atoms with Crippen molar-refractivity contribution in [1.29, 1.82) is 0 Å². The predicted octanol–water partition coefficient (Wildman–Crippen LogP) is 4.58. The first-order valence-electron chi connectivity index (χ1n) is 5.65. The van der Waals surface area contributed by atoms with E-state index in [0.29, 0.717) is 11.4 Å². The van der Waals surface area contributed by atoms with E-state index in [1.807, 2.05) is 19.1 Å². The Bertz CT molecular complexity index is 760. The van der Waals surface area contributed by atoms with Crippen LogP contribution in [-0.2, 0) is 0 Å². The highest BCUT2D eigenvalue weighted by atomic mass is 79.9. The zero-order chi connectivity index (χ0) is 13.6. The van der Waals surface area contributed by atoms with Gasteiger partial charge < -0.3 is 4.98 Å². The lowest BCUT2D eigenvalue weighted by atomic mass is 10.2. The molecular formula is C14H9BrF2N2. The number of aromatic nitrogens is 2. The minimum atomic E-state index is -0.617. The molecule has 0 atom stereocenters. The quantitative estimate of drug-likeness (QED) is 0.698. The number of fused-ring (bicyclic) bond motifs is 1. The lowest BCUT2D eigenvalue weighted by Crippen LogP contribution is -1.85. The molecule has 1 aromatic heterocycles. The van der Waals surface area contributed by atoms with Gasteiger partial charge in [-0.1, -0.05) is 15.9 Å². The molecule has 0 radical (unpaired) electrons. The first kappa shape index (κ1) is 12.3. The average Bonchev–Trinajstić information content (AvgIpc) is 2.71. The van der Waals surface area contributed by atoms with Gasteiger partial charge in [0, 0.05) is 16.1 Å². The second kappa shape index (κ2) is 4.42. The highest BCUT2D eigenvalue weighted by Crippen LogP contribution is 2.26. The summed E-state index contributed by atoms with van der Waals surface area (Å²) in [7, 11) is 0. The summed E-state index contributed by atoms with van der Waals surface area (Å²) < 4.78 is 27.4. The van der Waals surface area contributed by atoms with Gasteiger partial charge in [-0.05, 0) is 36.8 Å². The zero-order valence-corrected chi connectivity index (χ0v) is 11.6. The van der Waals surface area contributed by atoms with Crippen molar-refractivity contribution in [1.82, 2.24) is 9.97 Å². The van der Waals surface area contributed by atoms with E-state index in [-0.39, 0.29) is 0 Å². The van der Waals surface area contributed by atoms with Crippen molar-refractivity contribution in [3.8, 4) is 11.4 Å². The lowest BCUT2D eigenvalue weighted by molar-refractivity contribution is 0.584. The zero-order valence-electron chi connectivity index (χ0n) is 9.97. The van der Waals surface area contributed by atoms with E-state index in [0.717, 1.165) is 27.1 Å². The molecule has 1 N–H and O–H groups in total. The monoisotopic (exact) mass is 322 g/mol. The second-order valence-electron chi connectivity index (χ2n) is 4.36. The summed E-state index contributed by atoms with van der Waals surface area (Å²) in [6, 6.07) is 7.18. The minimum absolute atomic E-state index is 0.393. The molecule has 0 aliphatic rings. The van der Waals surface area contributed by atoms with Gasteiger partial charge in [0.1, 0.15) is 17.5 Å². The molecule has 1 heterocycles. The van der Waals surface area contributed by atoms with Crippen LogP contribution in [-0.4, -0.2) is 9.97 Å². The Morgan fingerprint density at radius 3 is 2.42 bits per heavy atom. The van der Waals surface area contributed by atoms with Gasteiger partial charge in [0.15, 0.2) is 0 Å². The third kappa shape index (κ3) is 2.26. The first-order valence-corrected chi connectivity index (χ1v) is 6.44. The molecule has 0 aliphatic heterocycles. The molecule has 19 heavy (non-hydrogen) atoms. The number of H-pyrrole nitrogens is 1. The van der Waals surface area contributed by atoms with Crippen LogP contribution in [0, 0.1) is 18.6 Å². The fourth-order valence-electron chi connectivity index (χ4n) is 2.07. The number of halogens is 3. The molecule has 2 nitrogen and oxygen atoms in total. The highest BCUT2D eigenvalue weighted by Gasteiger charge is 2.10. The van der Waals surface area contributed by atoms with E-state index in [1.54, 1.807) is 0 Å².